The van der Waals surface area contributed by atoms with Crippen LogP contribution in [0.2, 0.25) is 0 Å². The number of fused-ring (bicyclic) bond motifs is 8. The van der Waals surface area contributed by atoms with Crippen molar-refractivity contribution in [2.24, 2.45) is 0 Å². The van der Waals surface area contributed by atoms with E-state index >= 15 is 0 Å². The van der Waals surface area contributed by atoms with E-state index in [1.165, 1.54) is 38.6 Å². The number of aromatic nitrogens is 1. The maximum Gasteiger partial charge on any atom is 0.247 e. The highest BCUT2D eigenvalue weighted by Crippen LogP contribution is 2.59. The van der Waals surface area contributed by atoms with Gasteiger partial charge in [0.05, 0.1) is 33.7 Å². The molecule has 266 valence electrons. The van der Waals surface area contributed by atoms with Gasteiger partial charge in [-0.1, -0.05) is 157 Å². The van der Waals surface area contributed by atoms with Gasteiger partial charge in [0.1, 0.15) is 0 Å². The van der Waals surface area contributed by atoms with Crippen molar-refractivity contribution < 1.29 is 4.74 Å². The van der Waals surface area contributed by atoms with Crippen LogP contribution in [0.3, 0.4) is 0 Å². The minimum atomic E-state index is -0.678. The highest BCUT2D eigenvalue weighted by atomic mass is 16.5. The van der Waals surface area contributed by atoms with Crippen molar-refractivity contribution in [2.75, 3.05) is 9.80 Å². The summed E-state index contributed by atoms with van der Waals surface area (Å²) >= 11 is 0. The second kappa shape index (κ2) is 12.3. The minimum absolute atomic E-state index is 0.0540. The Kier molecular flexibility index (Phi) is 6.90. The maximum atomic E-state index is 7.34. The third-order valence-corrected chi connectivity index (χ3v) is 12.2. The van der Waals surface area contributed by atoms with E-state index in [0.29, 0.717) is 0 Å². The lowest BCUT2D eigenvalue weighted by atomic mass is 9.29. The van der Waals surface area contributed by atoms with Gasteiger partial charge in [-0.3, -0.25) is 4.98 Å². The van der Waals surface area contributed by atoms with Gasteiger partial charge in [-0.2, -0.15) is 0 Å². The number of pyridine rings is 1. The lowest BCUT2D eigenvalue weighted by Crippen LogP contribution is -2.65. The maximum absolute atomic E-state index is 7.34. The Balaban J connectivity index is 1.31. The summed E-state index contributed by atoms with van der Waals surface area (Å²) in [4.78, 5) is 9.85. The molecule has 0 unspecified atom stereocenters. The smallest absolute Gasteiger partial charge is 0.247 e. The van der Waals surface area contributed by atoms with Crippen molar-refractivity contribution in [3.05, 3.63) is 229 Å². The first kappa shape index (κ1) is 31.9. The Hall–Kier alpha value is -7.37. The molecule has 9 aromatic rings. The molecule has 0 saturated heterocycles. The molecule has 0 atom stereocenters. The molecule has 57 heavy (non-hydrogen) atoms. The molecule has 4 heterocycles. The van der Waals surface area contributed by atoms with E-state index in [9.17, 15) is 0 Å². The molecular formula is C52H34BN3O. The summed E-state index contributed by atoms with van der Waals surface area (Å²) < 4.78 is 7.34. The average molecular weight is 728 g/mol. The molecule has 3 aliphatic rings. The fourth-order valence-corrected chi connectivity index (χ4v) is 10.0. The predicted octanol–water partition coefficient (Wildman–Crippen LogP) is 10.8. The summed E-state index contributed by atoms with van der Waals surface area (Å²) in [5.41, 5.74) is 15.2. The summed E-state index contributed by atoms with van der Waals surface area (Å²) in [6.45, 7) is -0.0540. The summed E-state index contributed by atoms with van der Waals surface area (Å²) in [6, 6.07) is 72.5. The second-order valence-corrected chi connectivity index (χ2v) is 15.0. The quantitative estimate of drug-likeness (QED) is 0.169. The second-order valence-electron chi connectivity index (χ2n) is 15.0. The fraction of sp³-hybridized carbons (Fsp3) is 0.0192. The third-order valence-electron chi connectivity index (χ3n) is 12.2. The molecule has 0 radical (unpaired) electrons. The van der Waals surface area contributed by atoms with Gasteiger partial charge in [-0.25, -0.2) is 0 Å². The molecule has 0 bridgehead atoms. The lowest BCUT2D eigenvalue weighted by molar-refractivity contribution is 0.478. The number of ether oxygens (including phenoxy) is 1. The number of benzene rings is 8. The third kappa shape index (κ3) is 4.42. The van der Waals surface area contributed by atoms with Crippen LogP contribution in [0.25, 0.3) is 10.9 Å². The Labute approximate surface area is 332 Å². The number of para-hydroxylation sites is 5. The highest BCUT2D eigenvalue weighted by Gasteiger charge is 2.53. The van der Waals surface area contributed by atoms with Gasteiger partial charge in [0, 0.05) is 23.0 Å². The van der Waals surface area contributed by atoms with E-state index in [0.717, 1.165) is 56.5 Å². The Bertz CT molecular complexity index is 2980. The fourth-order valence-electron chi connectivity index (χ4n) is 10.0. The molecule has 12 rings (SSSR count). The van der Waals surface area contributed by atoms with Gasteiger partial charge in [0.25, 0.3) is 0 Å². The molecule has 0 spiro atoms. The van der Waals surface area contributed by atoms with Gasteiger partial charge in [-0.15, -0.1) is 0 Å². The molecule has 0 aliphatic carbocycles. The zero-order chi connectivity index (χ0) is 37.5. The molecule has 0 saturated carbocycles. The molecular weight excluding hydrogens is 693 g/mol. The van der Waals surface area contributed by atoms with Gasteiger partial charge in [0.15, 0.2) is 11.5 Å². The molecule has 1 aromatic heterocycles. The molecule has 5 heteroatoms. The van der Waals surface area contributed by atoms with Crippen molar-refractivity contribution in [1.82, 2.24) is 4.98 Å². The number of nitrogens with zero attached hydrogens (tertiary/aromatic N) is 3. The zero-order valence-corrected chi connectivity index (χ0v) is 31.0. The van der Waals surface area contributed by atoms with Gasteiger partial charge >= 0.3 is 0 Å². The van der Waals surface area contributed by atoms with Crippen LogP contribution in [-0.2, 0) is 5.41 Å². The van der Waals surface area contributed by atoms with Crippen molar-refractivity contribution in [2.45, 2.75) is 5.41 Å². The molecule has 4 nitrogen and oxygen atoms in total. The highest BCUT2D eigenvalue weighted by molar-refractivity contribution is 6.99. The molecule has 0 N–H and O–H groups in total. The van der Waals surface area contributed by atoms with Crippen LogP contribution < -0.4 is 30.9 Å². The van der Waals surface area contributed by atoms with E-state index in [4.69, 9.17) is 9.72 Å². The Morgan fingerprint density at radius 3 is 1.86 bits per heavy atom. The number of rotatable bonds is 4. The van der Waals surface area contributed by atoms with E-state index < -0.39 is 5.41 Å². The van der Waals surface area contributed by atoms with Gasteiger partial charge in [0.2, 0.25) is 6.71 Å². The van der Waals surface area contributed by atoms with Crippen LogP contribution in [0.5, 0.6) is 11.5 Å². The van der Waals surface area contributed by atoms with Crippen LogP contribution in [-0.4, -0.2) is 11.7 Å². The Morgan fingerprint density at radius 2 is 1.09 bits per heavy atom. The van der Waals surface area contributed by atoms with Crippen molar-refractivity contribution in [1.29, 1.82) is 0 Å². The summed E-state index contributed by atoms with van der Waals surface area (Å²) in [5, 5.41) is 1.08. The van der Waals surface area contributed by atoms with Gasteiger partial charge < -0.3 is 14.5 Å². The summed E-state index contributed by atoms with van der Waals surface area (Å²) in [5.74, 6) is 1.62. The first-order valence-electron chi connectivity index (χ1n) is 19.6. The lowest BCUT2D eigenvalue weighted by Gasteiger charge is -2.50. The summed E-state index contributed by atoms with van der Waals surface area (Å²) in [6.07, 6.45) is 1.89. The van der Waals surface area contributed by atoms with Crippen LogP contribution in [0.15, 0.2) is 206 Å². The number of hydrogen-bond donors (Lipinski definition) is 0. The predicted molar refractivity (Wildman–Crippen MR) is 234 cm³/mol. The minimum Gasteiger partial charge on any atom is -0.451 e. The largest absolute Gasteiger partial charge is 0.451 e. The summed E-state index contributed by atoms with van der Waals surface area (Å²) in [7, 11) is 0. The van der Waals surface area contributed by atoms with Crippen LogP contribution in [0, 0.1) is 0 Å². The van der Waals surface area contributed by atoms with Crippen LogP contribution >= 0.6 is 0 Å². The Morgan fingerprint density at radius 1 is 0.474 bits per heavy atom. The van der Waals surface area contributed by atoms with E-state index in [2.05, 4.69) is 204 Å². The number of anilines is 6. The SMILES string of the molecule is c1ccc(N2c3ccccc3B3c4ccccc4C(c4ccccc4)(c4ccccc4)c4cc5c(c2c43)Oc2ccccc2N5c2cccc3cccnc23)cc1. The zero-order valence-electron chi connectivity index (χ0n) is 31.0. The van der Waals surface area contributed by atoms with E-state index in [1.54, 1.807) is 0 Å². The molecule has 8 aromatic carbocycles. The van der Waals surface area contributed by atoms with E-state index in [1.807, 2.05) is 12.3 Å². The monoisotopic (exact) mass is 727 g/mol. The average Bonchev–Trinajstić information content (AvgIpc) is 3.29. The first-order valence-corrected chi connectivity index (χ1v) is 19.6. The topological polar surface area (TPSA) is 28.6 Å². The van der Waals surface area contributed by atoms with Crippen LogP contribution in [0.1, 0.15) is 22.3 Å². The standard InChI is InChI=1S/C52H34BN3O/c1-4-20-36(21-5-1)52(37-22-6-2-7-23-37)39-26-10-11-27-41(39)53-42-28-12-13-29-43(42)55(38-24-8-3-9-25-38)50-48(53)40(52)34-46-51(50)57-47-32-15-14-30-44(47)56(46)45-31-16-18-35-19-17-33-54-49(35)45/h1-34H. The molecule has 3 aliphatic heterocycles. The van der Waals surface area contributed by atoms with Crippen molar-refractivity contribution >= 4 is 68.1 Å². The van der Waals surface area contributed by atoms with Crippen molar-refractivity contribution in [3.63, 3.8) is 0 Å². The van der Waals surface area contributed by atoms with Crippen molar-refractivity contribution in [3.8, 4) is 11.5 Å². The normalized spacial score (nSPS) is 14.1. The first-order chi connectivity index (χ1) is 28.3. The molecule has 0 fully saturated rings. The van der Waals surface area contributed by atoms with Gasteiger partial charge in [-0.05, 0) is 81.7 Å². The molecule has 0 amide bonds. The van der Waals surface area contributed by atoms with Crippen LogP contribution in [0.4, 0.5) is 34.1 Å². The number of hydrogen-bond acceptors (Lipinski definition) is 4. The van der Waals surface area contributed by atoms with E-state index in [-0.39, 0.29) is 6.71 Å².